The third kappa shape index (κ3) is 24.4. The van der Waals surface area contributed by atoms with Crippen LogP contribution >= 0.6 is 0 Å². The molecule has 2 heterocycles. The smallest absolute Gasteiger partial charge is 0.407 e. The van der Waals surface area contributed by atoms with E-state index in [-0.39, 0.29) is 49.1 Å². The number of alkyl carbamates (subject to hydrolysis) is 1. The predicted molar refractivity (Wildman–Crippen MR) is 263 cm³/mol. The van der Waals surface area contributed by atoms with Gasteiger partial charge in [0.2, 0.25) is 5.91 Å². The number of anilines is 1. The number of amides is 2. The summed E-state index contributed by atoms with van der Waals surface area (Å²) in [6.07, 6.45) is 21.5. The molecule has 1 aromatic carbocycles. The van der Waals surface area contributed by atoms with Crippen LogP contribution in [0.2, 0.25) is 0 Å². The summed E-state index contributed by atoms with van der Waals surface area (Å²) in [4.78, 5) is 77.2. The Bertz CT molecular complexity index is 2010. The van der Waals surface area contributed by atoms with Crippen LogP contribution in [0.1, 0.15) is 168 Å². The van der Waals surface area contributed by atoms with Crippen LogP contribution in [0.3, 0.4) is 0 Å². The monoisotopic (exact) mass is 936 g/mol. The molecule has 374 valence electrons. The average molecular weight is 936 g/mol. The number of nitrogens with one attached hydrogen (secondary N) is 3. The Kier molecular flexibility index (Phi) is 27.2. The maximum absolute atomic E-state index is 13.3. The number of fused-ring (bicyclic) bond motifs is 1. The normalized spacial score (nSPS) is 11.6. The number of imidazole rings is 1. The number of methoxy groups -OCH3 is 1. The third-order valence-corrected chi connectivity index (χ3v) is 11.0. The lowest BCUT2D eigenvalue weighted by atomic mass is 10.1. The van der Waals surface area contributed by atoms with Crippen molar-refractivity contribution in [2.45, 2.75) is 175 Å². The number of carbonyl (C=O) groups excluding carboxylic acids is 4. The van der Waals surface area contributed by atoms with Gasteiger partial charge in [-0.25, -0.2) is 9.59 Å². The van der Waals surface area contributed by atoms with E-state index in [0.717, 1.165) is 108 Å². The number of carbonyl (C=O) groups is 4. The van der Waals surface area contributed by atoms with Gasteiger partial charge in [0.05, 0.1) is 26.7 Å². The summed E-state index contributed by atoms with van der Waals surface area (Å²) < 4.78 is 22.9. The maximum Gasteiger partial charge on any atom is 0.407 e. The van der Waals surface area contributed by atoms with Gasteiger partial charge in [-0.15, -0.1) is 0 Å². The Labute approximate surface area is 398 Å². The molecule has 16 nitrogen and oxygen atoms in total. The van der Waals surface area contributed by atoms with Crippen LogP contribution in [0.25, 0.3) is 11.2 Å². The number of nitrogens with zero attached hydrogens (tertiary/aromatic N) is 4. The number of rotatable bonds is 35. The van der Waals surface area contributed by atoms with Crippen LogP contribution in [-0.2, 0) is 41.6 Å². The second-order valence-corrected chi connectivity index (χ2v) is 18.2. The minimum atomic E-state index is -0.554. The van der Waals surface area contributed by atoms with Crippen molar-refractivity contribution in [2.75, 3.05) is 51.8 Å². The zero-order valence-electron chi connectivity index (χ0n) is 41.5. The number of H-pyrrole nitrogens is 1. The van der Waals surface area contributed by atoms with Gasteiger partial charge in [0.1, 0.15) is 17.7 Å². The second kappa shape index (κ2) is 32.5. The lowest BCUT2D eigenvalue weighted by Crippen LogP contribution is -2.35. The van der Waals surface area contributed by atoms with Crippen molar-refractivity contribution in [1.82, 2.24) is 29.7 Å². The van der Waals surface area contributed by atoms with E-state index in [1.165, 1.54) is 37.4 Å². The summed E-state index contributed by atoms with van der Waals surface area (Å²) in [5, 5.41) is 5.77. The molecule has 0 aliphatic rings. The molecule has 2 amide bonds. The first-order valence-electron chi connectivity index (χ1n) is 24.9. The molecular formula is C51H81N7O9. The Morgan fingerprint density at radius 3 is 2.19 bits per heavy atom. The lowest BCUT2D eigenvalue weighted by Gasteiger charge is -2.23. The van der Waals surface area contributed by atoms with Crippen LogP contribution in [0.4, 0.5) is 10.6 Å². The molecule has 3 rings (SSSR count). The number of hydrogen-bond acceptors (Lipinski definition) is 12. The summed E-state index contributed by atoms with van der Waals surface area (Å²) in [6.45, 7) is 13.9. The zero-order valence-corrected chi connectivity index (χ0v) is 41.5. The van der Waals surface area contributed by atoms with E-state index >= 15 is 0 Å². The van der Waals surface area contributed by atoms with Gasteiger partial charge in [-0.2, -0.15) is 9.97 Å². The van der Waals surface area contributed by atoms with Gasteiger partial charge >= 0.3 is 29.7 Å². The van der Waals surface area contributed by atoms with Gasteiger partial charge in [-0.1, -0.05) is 108 Å². The molecule has 0 aliphatic heterocycles. The number of hydrogen-bond donors (Lipinski definition) is 3. The van der Waals surface area contributed by atoms with Crippen molar-refractivity contribution >= 4 is 40.9 Å². The van der Waals surface area contributed by atoms with E-state index in [1.54, 1.807) is 0 Å². The van der Waals surface area contributed by atoms with E-state index < -0.39 is 17.4 Å². The Morgan fingerprint density at radius 1 is 0.791 bits per heavy atom. The van der Waals surface area contributed by atoms with E-state index in [9.17, 15) is 24.0 Å². The molecule has 0 aliphatic carbocycles. The van der Waals surface area contributed by atoms with Crippen molar-refractivity contribution in [2.24, 2.45) is 0 Å². The fourth-order valence-corrected chi connectivity index (χ4v) is 7.41. The van der Waals surface area contributed by atoms with E-state index in [4.69, 9.17) is 18.9 Å². The molecule has 2 aromatic heterocycles. The fourth-order valence-electron chi connectivity index (χ4n) is 7.41. The highest BCUT2D eigenvalue weighted by atomic mass is 16.6. The predicted octanol–water partition coefficient (Wildman–Crippen LogP) is 9.58. The molecule has 16 heteroatoms. The molecule has 0 atom stereocenters. The number of ether oxygens (including phenoxy) is 4. The molecule has 0 unspecified atom stereocenters. The molecule has 0 radical (unpaired) electrons. The molecule has 3 aromatic rings. The fraction of sp³-hybridized carbons (Fsp3) is 0.667. The number of esters is 2. The summed E-state index contributed by atoms with van der Waals surface area (Å²) >= 11 is 0. The first kappa shape index (κ1) is 56.1. The summed E-state index contributed by atoms with van der Waals surface area (Å²) in [6, 6.07) is 7.42. The highest BCUT2D eigenvalue weighted by molar-refractivity contribution is 5.97. The molecule has 0 spiro atoms. The Hall–Kier alpha value is -5.25. The third-order valence-electron chi connectivity index (χ3n) is 11.0. The Morgan fingerprint density at radius 2 is 1.46 bits per heavy atom. The van der Waals surface area contributed by atoms with Crippen LogP contribution < -0.4 is 21.1 Å². The van der Waals surface area contributed by atoms with Gasteiger partial charge in [-0.05, 0) is 103 Å². The van der Waals surface area contributed by atoms with Crippen molar-refractivity contribution in [3.63, 3.8) is 0 Å². The zero-order chi connectivity index (χ0) is 48.7. The quantitative estimate of drug-likeness (QED) is 0.0219. The van der Waals surface area contributed by atoms with Crippen LogP contribution in [-0.4, -0.2) is 100 Å². The number of benzene rings is 1. The molecule has 0 bridgehead atoms. The minimum Gasteiger partial charge on any atom is -0.469 e. The standard InChI is InChI=1S/C51H81N7O9/c1-7-9-11-12-15-18-24-36-65-43(60)30-21-16-13-14-17-22-32-57(34-26-31-52-50(63)67-51(3,4)5)33-23-19-20-29-42(59)53-46-45-47(56-48(55-46)66-35-10-8-2)58(49(62)54-45)39-41-28-25-27-40(37-41)38-44(61)64-6/h18,24-25,27-28,37H,7-17,19-23,26,29-36,38-39H2,1-6H3,(H,52,63)(H,54,62)(H,53,55,56,59)/b24-18+. The maximum atomic E-state index is 13.3. The van der Waals surface area contributed by atoms with Crippen molar-refractivity contribution < 1.29 is 38.1 Å². The number of unbranched alkanes of at least 4 members (excludes halogenated alkanes) is 12. The molecule has 0 saturated heterocycles. The van der Waals surface area contributed by atoms with Gasteiger partial charge < -0.3 is 39.5 Å². The number of aromatic amines is 1. The van der Waals surface area contributed by atoms with Crippen LogP contribution in [0, 0.1) is 0 Å². The van der Waals surface area contributed by atoms with Gasteiger partial charge in [-0.3, -0.25) is 19.0 Å². The number of allylic oxidation sites excluding steroid dienone is 1. The van der Waals surface area contributed by atoms with Crippen molar-refractivity contribution in [3.8, 4) is 6.01 Å². The van der Waals surface area contributed by atoms with Gasteiger partial charge in [0, 0.05) is 19.4 Å². The first-order valence-corrected chi connectivity index (χ1v) is 24.9. The second-order valence-electron chi connectivity index (χ2n) is 18.2. The van der Waals surface area contributed by atoms with E-state index in [1.807, 2.05) is 58.0 Å². The number of aromatic nitrogens is 4. The lowest BCUT2D eigenvalue weighted by molar-refractivity contribution is -0.142. The molecule has 3 N–H and O–H groups in total. The molecular weight excluding hydrogens is 855 g/mol. The average Bonchev–Trinajstić information content (AvgIpc) is 3.59. The SMILES string of the molecule is CCCCCC/C=C/COC(=O)CCCCCCCCN(CCCCCC(=O)Nc1nc(OCCCC)nc2c1[nH]c(=O)n2Cc1cccc(CC(=O)OC)c1)CCCNC(=O)OC(C)(C)C. The largest absolute Gasteiger partial charge is 0.469 e. The molecule has 0 saturated carbocycles. The highest BCUT2D eigenvalue weighted by Gasteiger charge is 2.19. The van der Waals surface area contributed by atoms with Crippen LogP contribution in [0.5, 0.6) is 6.01 Å². The molecule has 67 heavy (non-hydrogen) atoms. The first-order chi connectivity index (χ1) is 32.3. The summed E-state index contributed by atoms with van der Waals surface area (Å²) in [5.74, 6) is -0.537. The topological polar surface area (TPSA) is 196 Å². The van der Waals surface area contributed by atoms with Gasteiger partial charge in [0.25, 0.3) is 0 Å². The Balaban J connectivity index is 1.49. The molecule has 0 fully saturated rings. The van der Waals surface area contributed by atoms with Crippen LogP contribution in [0.15, 0.2) is 41.2 Å². The van der Waals surface area contributed by atoms with E-state index in [0.29, 0.717) is 43.8 Å². The van der Waals surface area contributed by atoms with E-state index in [2.05, 4.69) is 43.5 Å². The summed E-state index contributed by atoms with van der Waals surface area (Å²) in [5.41, 5.74) is 1.16. The van der Waals surface area contributed by atoms with Crippen molar-refractivity contribution in [1.29, 1.82) is 0 Å². The highest BCUT2D eigenvalue weighted by Crippen LogP contribution is 2.23. The summed E-state index contributed by atoms with van der Waals surface area (Å²) in [7, 11) is 1.34. The minimum absolute atomic E-state index is 0.0639. The van der Waals surface area contributed by atoms with Crippen molar-refractivity contribution in [3.05, 3.63) is 58.0 Å². The van der Waals surface area contributed by atoms with Gasteiger partial charge in [0.15, 0.2) is 11.5 Å².